The summed E-state index contributed by atoms with van der Waals surface area (Å²) < 4.78 is 5.08. The number of hydrogen-bond acceptors (Lipinski definition) is 2. The van der Waals surface area contributed by atoms with Crippen LogP contribution in [0.3, 0.4) is 0 Å². The molecule has 2 N–H and O–H groups in total. The molecule has 2 amide bonds. The van der Waals surface area contributed by atoms with Crippen LogP contribution in [0.4, 0.5) is 4.79 Å². The fraction of sp³-hybridized carbons (Fsp3) is 0.900. The number of ether oxygens (including phenoxy) is 1. The van der Waals surface area contributed by atoms with Crippen LogP contribution in [0.5, 0.6) is 0 Å². The van der Waals surface area contributed by atoms with Crippen LogP contribution in [-0.2, 0) is 4.74 Å². The molecule has 0 aromatic carbocycles. The Morgan fingerprint density at radius 3 is 2.50 bits per heavy atom. The minimum Gasteiger partial charge on any atom is -0.380 e. The number of urea groups is 1. The Labute approximate surface area is 86.4 Å². The van der Waals surface area contributed by atoms with E-state index in [0.29, 0.717) is 19.8 Å². The Kier molecular flexibility index (Phi) is 9.74. The molecule has 0 aromatic heterocycles. The summed E-state index contributed by atoms with van der Waals surface area (Å²) in [5.41, 5.74) is 0. The van der Waals surface area contributed by atoms with E-state index in [1.54, 1.807) is 0 Å². The highest BCUT2D eigenvalue weighted by molar-refractivity contribution is 5.73. The van der Waals surface area contributed by atoms with Gasteiger partial charge in [0.15, 0.2) is 0 Å². The topological polar surface area (TPSA) is 50.4 Å². The summed E-state index contributed by atoms with van der Waals surface area (Å²) in [5, 5.41) is 5.51. The highest BCUT2D eigenvalue weighted by atomic mass is 16.5. The van der Waals surface area contributed by atoms with Crippen LogP contribution in [0.25, 0.3) is 0 Å². The molecule has 0 heterocycles. The molecule has 14 heavy (non-hydrogen) atoms. The second-order valence-corrected chi connectivity index (χ2v) is 3.09. The number of carbonyl (C=O) groups is 1. The molecule has 0 aromatic rings. The smallest absolute Gasteiger partial charge is 0.314 e. The molecular weight excluding hydrogens is 180 g/mol. The molecule has 0 bridgehead atoms. The van der Waals surface area contributed by atoms with Gasteiger partial charge in [-0.25, -0.2) is 4.79 Å². The molecule has 0 aliphatic rings. The maximum absolute atomic E-state index is 11.1. The van der Waals surface area contributed by atoms with E-state index in [2.05, 4.69) is 17.6 Å². The number of unbranched alkanes of at least 4 members (excludes halogenated alkanes) is 2. The van der Waals surface area contributed by atoms with Crippen LogP contribution in [-0.4, -0.2) is 32.3 Å². The minimum absolute atomic E-state index is 0.0965. The number of amides is 2. The SMILES string of the molecule is CCCCCNC(=O)NCCOCC. The molecule has 0 saturated heterocycles. The van der Waals surface area contributed by atoms with E-state index in [-0.39, 0.29) is 6.03 Å². The zero-order valence-electron chi connectivity index (χ0n) is 9.27. The summed E-state index contributed by atoms with van der Waals surface area (Å²) in [6.07, 6.45) is 3.39. The third-order valence-electron chi connectivity index (χ3n) is 1.80. The van der Waals surface area contributed by atoms with Gasteiger partial charge in [0.2, 0.25) is 0 Å². The standard InChI is InChI=1S/C10H22N2O2/c1-3-5-6-7-11-10(13)12-8-9-14-4-2/h3-9H2,1-2H3,(H2,11,12,13). The van der Waals surface area contributed by atoms with Crippen LogP contribution in [0.15, 0.2) is 0 Å². The van der Waals surface area contributed by atoms with Crippen molar-refractivity contribution in [1.29, 1.82) is 0 Å². The van der Waals surface area contributed by atoms with Crippen molar-refractivity contribution in [2.75, 3.05) is 26.3 Å². The predicted molar refractivity (Wildman–Crippen MR) is 57.4 cm³/mol. The van der Waals surface area contributed by atoms with Crippen LogP contribution in [0.2, 0.25) is 0 Å². The van der Waals surface area contributed by atoms with Crippen LogP contribution in [0.1, 0.15) is 33.1 Å². The quantitative estimate of drug-likeness (QED) is 0.586. The molecule has 0 unspecified atom stereocenters. The molecule has 0 rings (SSSR count). The summed E-state index contributed by atoms with van der Waals surface area (Å²) in [6, 6.07) is -0.0965. The fourth-order valence-electron chi connectivity index (χ4n) is 1.02. The lowest BCUT2D eigenvalue weighted by Gasteiger charge is -2.06. The van der Waals surface area contributed by atoms with Gasteiger partial charge in [0.05, 0.1) is 6.61 Å². The summed E-state index contributed by atoms with van der Waals surface area (Å²) >= 11 is 0. The highest BCUT2D eigenvalue weighted by Gasteiger charge is 1.96. The number of nitrogens with one attached hydrogen (secondary N) is 2. The van der Waals surface area contributed by atoms with Gasteiger partial charge in [-0.1, -0.05) is 19.8 Å². The molecule has 84 valence electrons. The Hall–Kier alpha value is -0.770. The van der Waals surface area contributed by atoms with E-state index in [4.69, 9.17) is 4.74 Å². The summed E-state index contributed by atoms with van der Waals surface area (Å²) in [5.74, 6) is 0. The Morgan fingerprint density at radius 2 is 1.86 bits per heavy atom. The Morgan fingerprint density at radius 1 is 1.14 bits per heavy atom. The van der Waals surface area contributed by atoms with Crippen molar-refractivity contribution < 1.29 is 9.53 Å². The summed E-state index contributed by atoms with van der Waals surface area (Å²) in [6.45, 7) is 6.69. The zero-order valence-corrected chi connectivity index (χ0v) is 9.27. The van der Waals surface area contributed by atoms with E-state index < -0.39 is 0 Å². The van der Waals surface area contributed by atoms with E-state index in [9.17, 15) is 4.79 Å². The first-order valence-electron chi connectivity index (χ1n) is 5.40. The monoisotopic (exact) mass is 202 g/mol. The average Bonchev–Trinajstić information content (AvgIpc) is 2.19. The highest BCUT2D eigenvalue weighted by Crippen LogP contribution is 1.90. The van der Waals surface area contributed by atoms with Crippen molar-refractivity contribution in [3.8, 4) is 0 Å². The lowest BCUT2D eigenvalue weighted by molar-refractivity contribution is 0.149. The van der Waals surface area contributed by atoms with Gasteiger partial charge in [0, 0.05) is 19.7 Å². The maximum atomic E-state index is 11.1. The zero-order chi connectivity index (χ0) is 10.6. The predicted octanol–water partition coefficient (Wildman–Crippen LogP) is 1.51. The molecule has 0 spiro atoms. The van der Waals surface area contributed by atoms with E-state index in [1.165, 1.54) is 12.8 Å². The fourth-order valence-corrected chi connectivity index (χ4v) is 1.02. The van der Waals surface area contributed by atoms with Gasteiger partial charge in [-0.2, -0.15) is 0 Å². The molecule has 0 aliphatic carbocycles. The number of rotatable bonds is 8. The van der Waals surface area contributed by atoms with Crippen molar-refractivity contribution >= 4 is 6.03 Å². The van der Waals surface area contributed by atoms with Gasteiger partial charge in [-0.3, -0.25) is 0 Å². The molecule has 0 aliphatic heterocycles. The van der Waals surface area contributed by atoms with Crippen molar-refractivity contribution in [2.45, 2.75) is 33.1 Å². The minimum atomic E-state index is -0.0965. The third kappa shape index (κ3) is 9.32. The van der Waals surface area contributed by atoms with Gasteiger partial charge in [-0.05, 0) is 13.3 Å². The lowest BCUT2D eigenvalue weighted by atomic mass is 10.2. The van der Waals surface area contributed by atoms with Crippen molar-refractivity contribution in [3.63, 3.8) is 0 Å². The second kappa shape index (κ2) is 10.3. The average molecular weight is 202 g/mol. The van der Waals surface area contributed by atoms with E-state index >= 15 is 0 Å². The largest absolute Gasteiger partial charge is 0.380 e. The summed E-state index contributed by atoms with van der Waals surface area (Å²) in [4.78, 5) is 11.1. The molecule has 0 radical (unpaired) electrons. The molecule has 4 heteroatoms. The van der Waals surface area contributed by atoms with Crippen LogP contribution >= 0.6 is 0 Å². The van der Waals surface area contributed by atoms with Gasteiger partial charge in [-0.15, -0.1) is 0 Å². The Bertz CT molecular complexity index is 126. The van der Waals surface area contributed by atoms with Crippen LogP contribution < -0.4 is 10.6 Å². The van der Waals surface area contributed by atoms with E-state index in [0.717, 1.165) is 13.0 Å². The van der Waals surface area contributed by atoms with Crippen molar-refractivity contribution in [3.05, 3.63) is 0 Å². The first kappa shape index (κ1) is 13.2. The van der Waals surface area contributed by atoms with Gasteiger partial charge in [0.25, 0.3) is 0 Å². The lowest BCUT2D eigenvalue weighted by Crippen LogP contribution is -2.37. The normalized spacial score (nSPS) is 9.86. The van der Waals surface area contributed by atoms with Crippen molar-refractivity contribution in [1.82, 2.24) is 10.6 Å². The molecule has 0 fully saturated rings. The van der Waals surface area contributed by atoms with E-state index in [1.807, 2.05) is 6.92 Å². The first-order valence-corrected chi connectivity index (χ1v) is 5.40. The molecule has 0 saturated carbocycles. The van der Waals surface area contributed by atoms with Gasteiger partial charge >= 0.3 is 6.03 Å². The first-order chi connectivity index (χ1) is 6.81. The Balaban J connectivity index is 3.11. The maximum Gasteiger partial charge on any atom is 0.314 e. The molecular formula is C10H22N2O2. The van der Waals surface area contributed by atoms with Gasteiger partial charge in [0.1, 0.15) is 0 Å². The van der Waals surface area contributed by atoms with Gasteiger partial charge < -0.3 is 15.4 Å². The molecule has 4 nitrogen and oxygen atoms in total. The second-order valence-electron chi connectivity index (χ2n) is 3.09. The molecule has 0 atom stereocenters. The number of carbonyl (C=O) groups excluding carboxylic acids is 1. The van der Waals surface area contributed by atoms with Crippen LogP contribution in [0, 0.1) is 0 Å². The third-order valence-corrected chi connectivity index (χ3v) is 1.80. The number of hydrogen-bond donors (Lipinski definition) is 2. The van der Waals surface area contributed by atoms with Crippen molar-refractivity contribution in [2.24, 2.45) is 0 Å². The summed E-state index contributed by atoms with van der Waals surface area (Å²) in [7, 11) is 0.